The van der Waals surface area contributed by atoms with Crippen LogP contribution in [0, 0.1) is 5.41 Å². The molecule has 2 aliphatic rings. The topological polar surface area (TPSA) is 37.4 Å². The number of carbonyl (C=O) groups is 2. The summed E-state index contributed by atoms with van der Waals surface area (Å²) in [5, 5.41) is 0. The summed E-state index contributed by atoms with van der Waals surface area (Å²) < 4.78 is 0. The molecule has 1 fully saturated rings. The number of amides is 2. The van der Waals surface area contributed by atoms with Gasteiger partial charge < -0.3 is 0 Å². The highest BCUT2D eigenvalue weighted by Crippen LogP contribution is 2.39. The van der Waals surface area contributed by atoms with Crippen LogP contribution in [0.1, 0.15) is 52.8 Å². The molecule has 0 unspecified atom stereocenters. The Hall–Kier alpha value is -1.29. The fourth-order valence-corrected chi connectivity index (χ4v) is 3.80. The zero-order valence-corrected chi connectivity index (χ0v) is 12.4. The monoisotopic (exact) mass is 289 g/mol. The van der Waals surface area contributed by atoms with Gasteiger partial charge in [-0.25, -0.2) is 0 Å². The predicted molar refractivity (Wildman–Crippen MR) is 81.2 cm³/mol. The van der Waals surface area contributed by atoms with E-state index >= 15 is 0 Å². The van der Waals surface area contributed by atoms with E-state index in [9.17, 15) is 9.59 Å². The smallest absolute Gasteiger partial charge is 0.261 e. The third-order valence-electron chi connectivity index (χ3n) is 4.62. The van der Waals surface area contributed by atoms with Crippen molar-refractivity contribution in [3.05, 3.63) is 35.4 Å². The molecule has 1 aromatic rings. The van der Waals surface area contributed by atoms with Crippen molar-refractivity contribution in [2.45, 2.75) is 32.1 Å². The highest BCUT2D eigenvalue weighted by Gasteiger charge is 2.41. The van der Waals surface area contributed by atoms with Gasteiger partial charge in [0.25, 0.3) is 11.8 Å². The van der Waals surface area contributed by atoms with Gasteiger partial charge in [0.1, 0.15) is 0 Å². The lowest BCUT2D eigenvalue weighted by Gasteiger charge is -2.38. The molecule has 0 spiro atoms. The maximum Gasteiger partial charge on any atom is 0.261 e. The van der Waals surface area contributed by atoms with Crippen molar-refractivity contribution in [3.63, 3.8) is 0 Å². The second-order valence-electron chi connectivity index (χ2n) is 5.96. The summed E-state index contributed by atoms with van der Waals surface area (Å²) in [6, 6.07) is 7.10. The van der Waals surface area contributed by atoms with Gasteiger partial charge in [0.05, 0.1) is 11.1 Å². The highest BCUT2D eigenvalue weighted by atomic mass is 32.1. The Morgan fingerprint density at radius 3 is 2.05 bits per heavy atom. The standard InChI is InChI=1S/C16H19NO2S/c18-14-12-6-2-3-7-13(12)15(19)17(14)10-16(11-20)8-4-1-5-9-16/h2-3,6-7,20H,1,4-5,8-11H2. The number of fused-ring (bicyclic) bond motifs is 1. The van der Waals surface area contributed by atoms with E-state index in [4.69, 9.17) is 0 Å². The lowest BCUT2D eigenvalue weighted by Crippen LogP contribution is -2.43. The van der Waals surface area contributed by atoms with Crippen molar-refractivity contribution in [3.8, 4) is 0 Å². The Balaban J connectivity index is 1.85. The minimum Gasteiger partial charge on any atom is -0.274 e. The SMILES string of the molecule is O=C1c2ccccc2C(=O)N1CC1(CS)CCCCC1. The average Bonchev–Trinajstić information content (AvgIpc) is 2.74. The van der Waals surface area contributed by atoms with Gasteiger partial charge in [-0.2, -0.15) is 12.6 Å². The number of carbonyl (C=O) groups excluding carboxylic acids is 2. The fourth-order valence-electron chi connectivity index (χ4n) is 3.39. The molecule has 0 saturated heterocycles. The molecule has 0 radical (unpaired) electrons. The first kappa shape index (κ1) is 13.7. The summed E-state index contributed by atoms with van der Waals surface area (Å²) in [5.41, 5.74) is 1.10. The molecule has 1 aromatic carbocycles. The van der Waals surface area contributed by atoms with Crippen LogP contribution in [-0.4, -0.2) is 29.0 Å². The number of rotatable bonds is 3. The Bertz CT molecular complexity index is 514. The van der Waals surface area contributed by atoms with E-state index in [1.807, 2.05) is 12.1 Å². The van der Waals surface area contributed by atoms with Crippen LogP contribution in [0.15, 0.2) is 24.3 Å². The number of thiol groups is 1. The molecule has 0 bridgehead atoms. The van der Waals surface area contributed by atoms with E-state index in [2.05, 4.69) is 12.6 Å². The van der Waals surface area contributed by atoms with Gasteiger partial charge in [-0.3, -0.25) is 14.5 Å². The first-order valence-electron chi connectivity index (χ1n) is 7.23. The van der Waals surface area contributed by atoms with Crippen molar-refractivity contribution in [2.75, 3.05) is 12.3 Å². The van der Waals surface area contributed by atoms with E-state index in [1.54, 1.807) is 12.1 Å². The molecule has 0 atom stereocenters. The molecular formula is C16H19NO2S. The van der Waals surface area contributed by atoms with Crippen LogP contribution >= 0.6 is 12.6 Å². The van der Waals surface area contributed by atoms with Crippen LogP contribution in [0.2, 0.25) is 0 Å². The summed E-state index contributed by atoms with van der Waals surface area (Å²) in [5.74, 6) is 0.454. The molecule has 20 heavy (non-hydrogen) atoms. The lowest BCUT2D eigenvalue weighted by molar-refractivity contribution is 0.0546. The fraction of sp³-hybridized carbons (Fsp3) is 0.500. The molecule has 0 aromatic heterocycles. The van der Waals surface area contributed by atoms with Crippen LogP contribution in [0.25, 0.3) is 0 Å². The average molecular weight is 289 g/mol. The van der Waals surface area contributed by atoms with Gasteiger partial charge in [-0.1, -0.05) is 31.4 Å². The number of imide groups is 1. The third-order valence-corrected chi connectivity index (χ3v) is 5.29. The molecule has 3 nitrogen and oxygen atoms in total. The number of hydrogen-bond donors (Lipinski definition) is 1. The van der Waals surface area contributed by atoms with Gasteiger partial charge in [0.2, 0.25) is 0 Å². The Morgan fingerprint density at radius 2 is 1.55 bits per heavy atom. The van der Waals surface area contributed by atoms with Crippen molar-refractivity contribution >= 4 is 24.4 Å². The van der Waals surface area contributed by atoms with Crippen LogP contribution in [-0.2, 0) is 0 Å². The van der Waals surface area contributed by atoms with E-state index in [-0.39, 0.29) is 17.2 Å². The van der Waals surface area contributed by atoms with Gasteiger partial charge in [-0.05, 0) is 36.1 Å². The Morgan fingerprint density at radius 1 is 1.00 bits per heavy atom. The minimum atomic E-state index is -0.141. The first-order valence-corrected chi connectivity index (χ1v) is 7.86. The summed E-state index contributed by atoms with van der Waals surface area (Å²) in [4.78, 5) is 26.3. The predicted octanol–water partition coefficient (Wildman–Crippen LogP) is 3.16. The zero-order chi connectivity index (χ0) is 14.2. The Kier molecular flexibility index (Phi) is 3.59. The van der Waals surface area contributed by atoms with Crippen LogP contribution in [0.5, 0.6) is 0 Å². The number of hydrogen-bond acceptors (Lipinski definition) is 3. The lowest BCUT2D eigenvalue weighted by atomic mass is 9.75. The van der Waals surface area contributed by atoms with Crippen LogP contribution < -0.4 is 0 Å². The quantitative estimate of drug-likeness (QED) is 0.685. The Labute approximate surface area is 124 Å². The third kappa shape index (κ3) is 2.16. The second kappa shape index (κ2) is 5.24. The number of nitrogens with zero attached hydrogens (tertiary/aromatic N) is 1. The normalized spacial score (nSPS) is 21.1. The molecule has 106 valence electrons. The van der Waals surface area contributed by atoms with E-state index < -0.39 is 0 Å². The molecule has 1 aliphatic heterocycles. The summed E-state index contributed by atoms with van der Waals surface area (Å²) in [6.07, 6.45) is 5.71. The van der Waals surface area contributed by atoms with Gasteiger partial charge >= 0.3 is 0 Å². The van der Waals surface area contributed by atoms with Crippen molar-refractivity contribution in [1.29, 1.82) is 0 Å². The maximum atomic E-state index is 12.4. The molecular weight excluding hydrogens is 270 g/mol. The second-order valence-corrected chi connectivity index (χ2v) is 6.28. The minimum absolute atomic E-state index is 0.00865. The molecule has 2 amide bonds. The van der Waals surface area contributed by atoms with Gasteiger partial charge in [0.15, 0.2) is 0 Å². The molecule has 1 heterocycles. The van der Waals surface area contributed by atoms with Crippen LogP contribution in [0.4, 0.5) is 0 Å². The van der Waals surface area contributed by atoms with Crippen molar-refractivity contribution < 1.29 is 9.59 Å². The van der Waals surface area contributed by atoms with Gasteiger partial charge in [-0.15, -0.1) is 0 Å². The van der Waals surface area contributed by atoms with Crippen molar-refractivity contribution in [1.82, 2.24) is 4.90 Å². The van der Waals surface area contributed by atoms with Crippen LogP contribution in [0.3, 0.4) is 0 Å². The summed E-state index contributed by atoms with van der Waals surface area (Å²) in [6.45, 7) is 0.517. The maximum absolute atomic E-state index is 12.4. The zero-order valence-electron chi connectivity index (χ0n) is 11.5. The highest BCUT2D eigenvalue weighted by molar-refractivity contribution is 7.80. The molecule has 1 aliphatic carbocycles. The molecule has 0 N–H and O–H groups in total. The molecule has 4 heteroatoms. The largest absolute Gasteiger partial charge is 0.274 e. The summed E-state index contributed by atoms with van der Waals surface area (Å²) >= 11 is 4.49. The number of benzene rings is 1. The first-order chi connectivity index (χ1) is 9.67. The van der Waals surface area contributed by atoms with E-state index in [0.29, 0.717) is 17.7 Å². The summed E-state index contributed by atoms with van der Waals surface area (Å²) in [7, 11) is 0. The van der Waals surface area contributed by atoms with E-state index in [1.165, 1.54) is 24.2 Å². The molecule has 1 saturated carbocycles. The van der Waals surface area contributed by atoms with E-state index in [0.717, 1.165) is 18.6 Å². The van der Waals surface area contributed by atoms with Crippen molar-refractivity contribution in [2.24, 2.45) is 5.41 Å². The van der Waals surface area contributed by atoms with Gasteiger partial charge in [0, 0.05) is 6.54 Å². The molecule has 3 rings (SSSR count).